The Labute approximate surface area is 178 Å². The van der Waals surface area contributed by atoms with Gasteiger partial charge in [0.05, 0.1) is 12.5 Å². The van der Waals surface area contributed by atoms with E-state index in [4.69, 9.17) is 8.92 Å². The third-order valence-electron chi connectivity index (χ3n) is 5.60. The predicted octanol–water partition coefficient (Wildman–Crippen LogP) is 4.73. The fourth-order valence-corrected chi connectivity index (χ4v) is 5.54. The first-order chi connectivity index (χ1) is 13.5. The van der Waals surface area contributed by atoms with E-state index >= 15 is 0 Å². The molecule has 0 amide bonds. The van der Waals surface area contributed by atoms with Crippen LogP contribution in [-0.4, -0.2) is 32.3 Å². The Morgan fingerprint density at radius 3 is 2.41 bits per heavy atom. The van der Waals surface area contributed by atoms with Crippen molar-refractivity contribution in [3.8, 4) is 11.5 Å². The Balaban J connectivity index is 1.89. The van der Waals surface area contributed by atoms with Gasteiger partial charge in [0.15, 0.2) is 0 Å². The van der Waals surface area contributed by atoms with Crippen molar-refractivity contribution >= 4 is 21.0 Å². The molecule has 2 aromatic carbocycles. The number of fused-ring (bicyclic) bond motifs is 1. The maximum absolute atomic E-state index is 12.8. The summed E-state index contributed by atoms with van der Waals surface area (Å²) < 4.78 is 37.6. The van der Waals surface area contributed by atoms with Crippen LogP contribution >= 0.6 is 0 Å². The Morgan fingerprint density at radius 1 is 1.14 bits per heavy atom. The number of rotatable bonds is 6. The van der Waals surface area contributed by atoms with E-state index in [0.29, 0.717) is 16.6 Å². The van der Waals surface area contributed by atoms with E-state index < -0.39 is 10.1 Å². The number of hydrogen-bond donors (Lipinski definition) is 0. The summed E-state index contributed by atoms with van der Waals surface area (Å²) in [5.74, 6) is 2.43. The number of hydrogen-bond acceptors (Lipinski definition) is 4. The summed E-state index contributed by atoms with van der Waals surface area (Å²) in [6.45, 7) is 7.90. The van der Waals surface area contributed by atoms with Crippen molar-refractivity contribution in [1.29, 1.82) is 0 Å². The quantitative estimate of drug-likeness (QED) is 0.486. The molecule has 6 heteroatoms. The van der Waals surface area contributed by atoms with Crippen molar-refractivity contribution in [2.75, 3.05) is 18.3 Å². The number of aryl methyl sites for hydroxylation is 2. The predicted molar refractivity (Wildman–Crippen MR) is 121 cm³/mol. The summed E-state index contributed by atoms with van der Waals surface area (Å²) >= 11 is 0. The molecule has 0 aliphatic carbocycles. The molecule has 1 heterocycles. The van der Waals surface area contributed by atoms with E-state index in [1.54, 1.807) is 24.3 Å². The van der Waals surface area contributed by atoms with E-state index in [1.807, 2.05) is 26.8 Å². The van der Waals surface area contributed by atoms with Crippen LogP contribution in [-0.2, 0) is 27.4 Å². The first-order valence-corrected chi connectivity index (χ1v) is 13.5. The minimum Gasteiger partial charge on any atom is -0.487 e. The van der Waals surface area contributed by atoms with E-state index in [2.05, 4.69) is 19.4 Å². The van der Waals surface area contributed by atoms with E-state index in [9.17, 15) is 8.42 Å². The molecule has 0 fully saturated rings. The van der Waals surface area contributed by atoms with Crippen LogP contribution in [0.2, 0.25) is 0 Å². The molecule has 1 aliphatic rings. The van der Waals surface area contributed by atoms with E-state index in [0.717, 1.165) is 53.0 Å². The molecular weight excluding hydrogens is 404 g/mol. The van der Waals surface area contributed by atoms with Gasteiger partial charge in [0.25, 0.3) is 0 Å². The summed E-state index contributed by atoms with van der Waals surface area (Å²) in [7, 11) is -3.49. The zero-order valence-corrected chi connectivity index (χ0v) is 19.8. The van der Waals surface area contributed by atoms with Gasteiger partial charge in [-0.15, -0.1) is 0 Å². The van der Waals surface area contributed by atoms with Crippen molar-refractivity contribution in [3.05, 3.63) is 52.6 Å². The number of benzene rings is 2. The molecule has 0 radical (unpaired) electrons. The lowest BCUT2D eigenvalue weighted by Crippen LogP contribution is -2.38. The minimum absolute atomic E-state index is 0.165. The molecule has 0 saturated carbocycles. The molecule has 2 aromatic rings. The summed E-state index contributed by atoms with van der Waals surface area (Å²) in [6, 6.07) is 8.64. The fraction of sp³-hybridized carbons (Fsp3) is 0.478. The zero-order valence-electron chi connectivity index (χ0n) is 18.2. The van der Waals surface area contributed by atoms with Crippen LogP contribution < -0.4 is 8.92 Å². The van der Waals surface area contributed by atoms with Gasteiger partial charge in [0.1, 0.15) is 27.7 Å². The largest absolute Gasteiger partial charge is 0.487 e. The molecule has 3 rings (SSSR count). The second-order valence-electron chi connectivity index (χ2n) is 8.47. The highest BCUT2D eigenvalue weighted by molar-refractivity contribution is 7.95. The molecule has 0 saturated heterocycles. The van der Waals surface area contributed by atoms with E-state index in [-0.39, 0.29) is 10.5 Å². The van der Waals surface area contributed by atoms with Gasteiger partial charge < -0.3 is 8.92 Å². The molecule has 4 nitrogen and oxygen atoms in total. The zero-order chi connectivity index (χ0) is 21.4. The van der Waals surface area contributed by atoms with Crippen LogP contribution in [0.25, 0.3) is 0 Å². The fourth-order valence-electron chi connectivity index (χ4n) is 3.66. The van der Waals surface area contributed by atoms with Gasteiger partial charge in [-0.3, -0.25) is 0 Å². The van der Waals surface area contributed by atoms with Crippen LogP contribution in [0.5, 0.6) is 11.5 Å². The van der Waals surface area contributed by atoms with Crippen LogP contribution in [0.3, 0.4) is 0 Å². The first-order valence-electron chi connectivity index (χ1n) is 9.88. The van der Waals surface area contributed by atoms with Crippen molar-refractivity contribution in [3.63, 3.8) is 0 Å². The van der Waals surface area contributed by atoms with Gasteiger partial charge in [0.2, 0.25) is 0 Å². The smallest absolute Gasteiger partial charge is 0.339 e. The summed E-state index contributed by atoms with van der Waals surface area (Å²) in [6.07, 6.45) is 7.32. The average molecular weight is 436 g/mol. The average Bonchev–Trinajstić information content (AvgIpc) is 2.64. The molecule has 1 aliphatic heterocycles. The highest BCUT2D eigenvalue weighted by atomic mass is 32.2. The number of ether oxygens (including phenoxy) is 1. The SMILES string of the molecule is Cc1ccc(S(=O)(=O)Oc2c(C)cc3c(c2C)CCC(C)(CC[S+](C)C)O3)cc1. The van der Waals surface area contributed by atoms with Gasteiger partial charge in [-0.05, 0) is 80.8 Å². The summed E-state index contributed by atoms with van der Waals surface area (Å²) in [5.41, 5.74) is 3.51. The Morgan fingerprint density at radius 2 is 1.79 bits per heavy atom. The maximum atomic E-state index is 12.8. The molecule has 158 valence electrons. The molecule has 29 heavy (non-hydrogen) atoms. The van der Waals surface area contributed by atoms with Crippen molar-refractivity contribution < 1.29 is 17.3 Å². The highest BCUT2D eigenvalue weighted by Gasteiger charge is 2.35. The van der Waals surface area contributed by atoms with Crippen LogP contribution in [0.1, 0.15) is 42.0 Å². The van der Waals surface area contributed by atoms with Gasteiger partial charge in [-0.1, -0.05) is 17.7 Å². The van der Waals surface area contributed by atoms with Gasteiger partial charge in [-0.2, -0.15) is 8.42 Å². The van der Waals surface area contributed by atoms with Crippen molar-refractivity contribution in [2.24, 2.45) is 0 Å². The lowest BCUT2D eigenvalue weighted by Gasteiger charge is -2.36. The van der Waals surface area contributed by atoms with Gasteiger partial charge in [0, 0.05) is 12.0 Å². The normalized spacial score (nSPS) is 19.0. The second kappa shape index (κ2) is 8.23. The Kier molecular flexibility index (Phi) is 6.25. The van der Waals surface area contributed by atoms with Crippen molar-refractivity contribution in [1.82, 2.24) is 0 Å². The molecule has 0 aromatic heterocycles. The standard InChI is InChI=1S/C23H31O4S2/c1-16-7-9-19(10-8-16)29(24,25)27-22-17(2)15-21-20(18(22)3)11-12-23(4,26-21)13-14-28(5)6/h7-10,15H,11-14H2,1-6H3/q+1. The molecular formula is C23H31O4S2+. The molecule has 0 bridgehead atoms. The third-order valence-corrected chi connectivity index (χ3v) is 7.85. The summed E-state index contributed by atoms with van der Waals surface area (Å²) in [5, 5.41) is 0. The Hall–Kier alpha value is -1.66. The van der Waals surface area contributed by atoms with Crippen LogP contribution in [0.15, 0.2) is 35.2 Å². The van der Waals surface area contributed by atoms with Crippen LogP contribution in [0.4, 0.5) is 0 Å². The molecule has 1 atom stereocenters. The maximum Gasteiger partial charge on any atom is 0.339 e. The monoisotopic (exact) mass is 435 g/mol. The lowest BCUT2D eigenvalue weighted by atomic mass is 9.88. The lowest BCUT2D eigenvalue weighted by molar-refractivity contribution is 0.0619. The van der Waals surface area contributed by atoms with E-state index in [1.165, 1.54) is 0 Å². The Bertz CT molecular complexity index is 995. The minimum atomic E-state index is -3.88. The molecule has 0 N–H and O–H groups in total. The first kappa shape index (κ1) is 22.0. The van der Waals surface area contributed by atoms with Gasteiger partial charge in [-0.25, -0.2) is 0 Å². The van der Waals surface area contributed by atoms with Crippen LogP contribution in [0, 0.1) is 20.8 Å². The second-order valence-corrected chi connectivity index (χ2v) is 12.4. The van der Waals surface area contributed by atoms with Gasteiger partial charge >= 0.3 is 10.1 Å². The third kappa shape index (κ3) is 4.92. The summed E-state index contributed by atoms with van der Waals surface area (Å²) in [4.78, 5) is 0.165. The highest BCUT2D eigenvalue weighted by Crippen LogP contribution is 2.42. The van der Waals surface area contributed by atoms with Crippen molar-refractivity contribution in [2.45, 2.75) is 57.5 Å². The molecule has 0 spiro atoms. The molecule has 1 unspecified atom stereocenters. The topological polar surface area (TPSA) is 52.6 Å².